The highest BCUT2D eigenvalue weighted by molar-refractivity contribution is 8.41. The first-order valence-corrected chi connectivity index (χ1v) is 11.1. The van der Waals surface area contributed by atoms with Gasteiger partial charge in [-0.15, -0.1) is 0 Å². The molecule has 0 N–H and O–H groups in total. The summed E-state index contributed by atoms with van der Waals surface area (Å²) in [5.74, 6) is 0. The first-order chi connectivity index (χ1) is 13.3. The number of halogens is 6. The van der Waals surface area contributed by atoms with Crippen LogP contribution in [0.2, 0.25) is 0 Å². The molecule has 0 aliphatic carbocycles. The lowest BCUT2D eigenvalue weighted by Crippen LogP contribution is -2.32. The van der Waals surface area contributed by atoms with E-state index in [-0.39, 0.29) is 11.1 Å². The molecule has 0 saturated heterocycles. The summed E-state index contributed by atoms with van der Waals surface area (Å²) in [6, 6.07) is 10.6. The van der Waals surface area contributed by atoms with Crippen LogP contribution < -0.4 is 0 Å². The van der Waals surface area contributed by atoms with Crippen molar-refractivity contribution in [3.05, 3.63) is 65.2 Å². The minimum absolute atomic E-state index is 0.0471. The zero-order chi connectivity index (χ0) is 21.7. The van der Waals surface area contributed by atoms with Crippen LogP contribution in [0.5, 0.6) is 0 Å². The molecule has 3 rings (SSSR count). The van der Waals surface area contributed by atoms with Gasteiger partial charge in [0.2, 0.25) is 0 Å². The van der Waals surface area contributed by atoms with Crippen LogP contribution >= 0.6 is 10.3 Å². The molecule has 0 fully saturated rings. The number of hydrogen-bond acceptors (Lipinski definition) is 3. The van der Waals surface area contributed by atoms with Crippen LogP contribution in [0.4, 0.5) is 26.3 Å². The molecule has 1 aliphatic heterocycles. The second kappa shape index (κ2) is 7.06. The van der Waals surface area contributed by atoms with Crippen molar-refractivity contribution in [1.82, 2.24) is 0 Å². The lowest BCUT2D eigenvalue weighted by molar-refractivity contribution is -0.0543. The molecule has 1 heterocycles. The Balaban J connectivity index is 2.34. The van der Waals surface area contributed by atoms with E-state index in [1.807, 2.05) is 0 Å². The van der Waals surface area contributed by atoms with Gasteiger partial charge in [-0.1, -0.05) is 49.4 Å². The van der Waals surface area contributed by atoms with Crippen LogP contribution in [0.25, 0.3) is 11.0 Å². The highest BCUT2D eigenvalue weighted by Gasteiger charge is 2.64. The number of aryl methyl sites for hydroxylation is 1. The Labute approximate surface area is 164 Å². The molecule has 1 aliphatic rings. The summed E-state index contributed by atoms with van der Waals surface area (Å²) in [6.07, 6.45) is 1.50. The first kappa shape index (κ1) is 21.7. The second-order valence-electron chi connectivity index (χ2n) is 6.07. The van der Waals surface area contributed by atoms with Gasteiger partial charge in [0.15, 0.2) is 0 Å². The van der Waals surface area contributed by atoms with Crippen LogP contribution in [0.15, 0.2) is 53.4 Å². The van der Waals surface area contributed by atoms with E-state index < -0.39 is 41.2 Å². The molecule has 0 bridgehead atoms. The molecule has 158 valence electrons. The van der Waals surface area contributed by atoms with Crippen molar-refractivity contribution in [2.75, 3.05) is 0 Å². The maximum atomic E-state index is 14.4. The van der Waals surface area contributed by atoms with Crippen molar-refractivity contribution in [3.63, 3.8) is 0 Å². The van der Waals surface area contributed by atoms with E-state index in [2.05, 4.69) is 3.63 Å². The number of hydrogen-bond donors (Lipinski definition) is 0. The predicted octanol–water partition coefficient (Wildman–Crippen LogP) is 6.23. The van der Waals surface area contributed by atoms with E-state index in [0.717, 1.165) is 12.1 Å². The highest BCUT2D eigenvalue weighted by atomic mass is 32.3. The zero-order valence-corrected chi connectivity index (χ0v) is 16.3. The summed E-state index contributed by atoms with van der Waals surface area (Å²) in [5.41, 5.74) is -10.9. The molecule has 29 heavy (non-hydrogen) atoms. The summed E-state index contributed by atoms with van der Waals surface area (Å²) in [5, 5.41) is 0. The standard InChI is InChI=1S/C18H14F6O3S2/c1-2-12-6-5-8-13(10-12)16-11-14-7-3-4-9-15(14)28(16,17(19,20)21)27-29(25,26)18(22,23)24/h3-11H,2H2,1H3. The van der Waals surface area contributed by atoms with Crippen LogP contribution in [-0.4, -0.2) is 19.4 Å². The maximum Gasteiger partial charge on any atom is 0.523 e. The van der Waals surface area contributed by atoms with Gasteiger partial charge in [0.25, 0.3) is 0 Å². The van der Waals surface area contributed by atoms with Gasteiger partial charge in [-0.2, -0.15) is 38.4 Å². The largest absolute Gasteiger partial charge is 0.523 e. The van der Waals surface area contributed by atoms with E-state index >= 15 is 0 Å². The summed E-state index contributed by atoms with van der Waals surface area (Å²) in [6.45, 7) is 1.76. The van der Waals surface area contributed by atoms with Gasteiger partial charge in [-0.05, 0) is 35.3 Å². The van der Waals surface area contributed by atoms with Gasteiger partial charge >= 0.3 is 21.1 Å². The summed E-state index contributed by atoms with van der Waals surface area (Å²) in [7, 11) is -11.6. The third-order valence-corrected chi connectivity index (χ3v) is 8.96. The van der Waals surface area contributed by atoms with Crippen LogP contribution in [0, 0.1) is 0 Å². The number of benzene rings is 2. The van der Waals surface area contributed by atoms with E-state index in [0.29, 0.717) is 12.0 Å². The maximum absolute atomic E-state index is 14.4. The SMILES string of the molecule is CCc1cccc(C2=Cc3ccccc3S2(OS(=O)(=O)C(F)(F)F)C(F)(F)F)c1. The average molecular weight is 456 g/mol. The quantitative estimate of drug-likeness (QED) is 0.405. The van der Waals surface area contributed by atoms with Gasteiger partial charge in [-0.3, -0.25) is 0 Å². The average Bonchev–Trinajstić information content (AvgIpc) is 2.96. The third kappa shape index (κ3) is 3.55. The Morgan fingerprint density at radius 2 is 1.62 bits per heavy atom. The Kier molecular flexibility index (Phi) is 5.29. The monoisotopic (exact) mass is 456 g/mol. The molecule has 0 saturated carbocycles. The van der Waals surface area contributed by atoms with Crippen LogP contribution in [-0.2, 0) is 20.2 Å². The molecule has 3 nitrogen and oxygen atoms in total. The minimum atomic E-state index is -6.55. The van der Waals surface area contributed by atoms with E-state index in [9.17, 15) is 34.8 Å². The molecule has 1 unspecified atom stereocenters. The molecular formula is C18H14F6O3S2. The highest BCUT2D eigenvalue weighted by Crippen LogP contribution is 2.80. The van der Waals surface area contributed by atoms with Crippen LogP contribution in [0.1, 0.15) is 23.6 Å². The molecule has 11 heteroatoms. The second-order valence-corrected chi connectivity index (χ2v) is 10.4. The van der Waals surface area contributed by atoms with Crippen molar-refractivity contribution >= 4 is 31.4 Å². The molecule has 0 radical (unpaired) electrons. The Morgan fingerprint density at radius 1 is 0.966 bits per heavy atom. The Morgan fingerprint density at radius 3 is 2.21 bits per heavy atom. The number of alkyl halides is 6. The Hall–Kier alpha value is -1.98. The fraction of sp³-hybridized carbons (Fsp3) is 0.222. The van der Waals surface area contributed by atoms with Gasteiger partial charge in [-0.25, -0.2) is 0 Å². The van der Waals surface area contributed by atoms with Crippen molar-refractivity contribution in [3.8, 4) is 0 Å². The van der Waals surface area contributed by atoms with E-state index in [1.165, 1.54) is 36.4 Å². The topological polar surface area (TPSA) is 43.4 Å². The smallest absolute Gasteiger partial charge is 0.196 e. The van der Waals surface area contributed by atoms with Crippen LogP contribution in [0.3, 0.4) is 0 Å². The normalized spacial score (nSPS) is 22.0. The molecule has 0 aromatic heterocycles. The summed E-state index contributed by atoms with van der Waals surface area (Å²) in [4.78, 5) is -1.29. The third-order valence-electron chi connectivity index (χ3n) is 4.25. The lowest BCUT2D eigenvalue weighted by Gasteiger charge is -2.39. The number of fused-ring (bicyclic) bond motifs is 1. The summed E-state index contributed by atoms with van der Waals surface area (Å²) < 4.78 is 110. The van der Waals surface area contributed by atoms with E-state index in [1.54, 1.807) is 13.0 Å². The zero-order valence-electron chi connectivity index (χ0n) is 14.7. The number of rotatable bonds is 4. The molecule has 0 amide bonds. The van der Waals surface area contributed by atoms with Gasteiger partial charge < -0.3 is 0 Å². The molecule has 0 spiro atoms. The fourth-order valence-corrected chi connectivity index (χ4v) is 7.43. The lowest BCUT2D eigenvalue weighted by atomic mass is 10.1. The Bertz CT molecular complexity index is 1070. The van der Waals surface area contributed by atoms with Crippen molar-refractivity contribution in [2.45, 2.75) is 29.3 Å². The molecule has 2 aromatic carbocycles. The first-order valence-electron chi connectivity index (χ1n) is 8.15. The van der Waals surface area contributed by atoms with Gasteiger partial charge in [0.05, 0.1) is 0 Å². The summed E-state index contributed by atoms with van der Waals surface area (Å²) >= 11 is 0. The predicted molar refractivity (Wildman–Crippen MR) is 98.1 cm³/mol. The fourth-order valence-electron chi connectivity index (χ4n) is 2.93. The van der Waals surface area contributed by atoms with E-state index in [4.69, 9.17) is 0 Å². The minimum Gasteiger partial charge on any atom is -0.196 e. The van der Waals surface area contributed by atoms with Crippen molar-refractivity contribution < 1.29 is 38.4 Å². The van der Waals surface area contributed by atoms with Gasteiger partial charge in [0.1, 0.15) is 0 Å². The molecule has 2 aromatic rings. The molecular weight excluding hydrogens is 442 g/mol. The van der Waals surface area contributed by atoms with Crippen molar-refractivity contribution in [1.29, 1.82) is 0 Å². The molecule has 1 atom stereocenters. The van der Waals surface area contributed by atoms with Crippen molar-refractivity contribution in [2.24, 2.45) is 0 Å². The van der Waals surface area contributed by atoms with Gasteiger partial charge in [0, 0.05) is 20.1 Å².